The third kappa shape index (κ3) is 2.65. The number of hydrogen-bond acceptors (Lipinski definition) is 3. The third-order valence-electron chi connectivity index (χ3n) is 2.36. The lowest BCUT2D eigenvalue weighted by Crippen LogP contribution is -2.20. The lowest BCUT2D eigenvalue weighted by Gasteiger charge is -2.12. The molecule has 0 amide bonds. The van der Waals surface area contributed by atoms with E-state index in [1.54, 1.807) is 54.5 Å². The lowest BCUT2D eigenvalue weighted by atomic mass is 10.3. The van der Waals surface area contributed by atoms with E-state index in [1.165, 1.54) is 0 Å². The van der Waals surface area contributed by atoms with Crippen molar-refractivity contribution in [1.29, 1.82) is 0 Å². The maximum Gasteiger partial charge on any atom is 0.334 e. The molecule has 0 aliphatic rings. The van der Waals surface area contributed by atoms with Crippen molar-refractivity contribution in [1.82, 2.24) is 9.55 Å². The van der Waals surface area contributed by atoms with Crippen LogP contribution in [0.4, 0.5) is 0 Å². The second kappa shape index (κ2) is 5.01. The van der Waals surface area contributed by atoms with Crippen LogP contribution in [0.2, 0.25) is 5.02 Å². The molecule has 0 spiro atoms. The molecule has 0 N–H and O–H groups in total. The van der Waals surface area contributed by atoms with E-state index in [2.05, 4.69) is 4.98 Å². The maximum absolute atomic E-state index is 11.8. The lowest BCUT2D eigenvalue weighted by molar-refractivity contribution is -0.137. The van der Waals surface area contributed by atoms with Crippen molar-refractivity contribution >= 4 is 17.6 Å². The van der Waals surface area contributed by atoms with Gasteiger partial charge in [0.2, 0.25) is 0 Å². The van der Waals surface area contributed by atoms with Crippen LogP contribution in [0, 0.1) is 0 Å². The highest BCUT2D eigenvalue weighted by molar-refractivity contribution is 6.32. The van der Waals surface area contributed by atoms with E-state index in [-0.39, 0.29) is 5.97 Å². The number of carbonyl (C=O) groups excluding carboxylic acids is 1. The minimum Gasteiger partial charge on any atom is -0.423 e. The Morgan fingerprint density at radius 3 is 2.88 bits per heavy atom. The normalized spacial score (nSPS) is 12.1. The third-order valence-corrected chi connectivity index (χ3v) is 2.67. The van der Waals surface area contributed by atoms with Crippen LogP contribution in [0.15, 0.2) is 43.0 Å². The molecular formula is C12H11ClN2O2. The zero-order valence-corrected chi connectivity index (χ0v) is 9.96. The average molecular weight is 251 g/mol. The highest BCUT2D eigenvalue weighted by Gasteiger charge is 2.17. The van der Waals surface area contributed by atoms with Crippen molar-refractivity contribution in [3.8, 4) is 5.75 Å². The van der Waals surface area contributed by atoms with E-state index in [1.807, 2.05) is 0 Å². The Morgan fingerprint density at radius 2 is 2.24 bits per heavy atom. The predicted molar refractivity (Wildman–Crippen MR) is 64.0 cm³/mol. The van der Waals surface area contributed by atoms with E-state index in [9.17, 15) is 4.79 Å². The zero-order chi connectivity index (χ0) is 12.3. The Morgan fingerprint density at radius 1 is 1.47 bits per heavy atom. The van der Waals surface area contributed by atoms with Crippen molar-refractivity contribution in [2.75, 3.05) is 0 Å². The molecule has 2 rings (SSSR count). The predicted octanol–water partition coefficient (Wildman–Crippen LogP) is 2.70. The SMILES string of the molecule is CC(C(=O)Oc1ccccc1Cl)n1ccnc1. The van der Waals surface area contributed by atoms with Gasteiger partial charge >= 0.3 is 5.97 Å². The molecular weight excluding hydrogens is 240 g/mol. The van der Waals surface area contributed by atoms with Gasteiger partial charge in [0.1, 0.15) is 11.8 Å². The number of imidazole rings is 1. The zero-order valence-electron chi connectivity index (χ0n) is 9.21. The summed E-state index contributed by atoms with van der Waals surface area (Å²) < 4.78 is 6.88. The van der Waals surface area contributed by atoms with Gasteiger partial charge in [0.25, 0.3) is 0 Å². The fourth-order valence-corrected chi connectivity index (χ4v) is 1.52. The Labute approximate surface area is 104 Å². The van der Waals surface area contributed by atoms with Gasteiger partial charge in [-0.1, -0.05) is 23.7 Å². The topological polar surface area (TPSA) is 44.1 Å². The first kappa shape index (κ1) is 11.7. The van der Waals surface area contributed by atoms with Crippen LogP contribution in [-0.2, 0) is 4.79 Å². The second-order valence-electron chi connectivity index (χ2n) is 3.54. The van der Waals surface area contributed by atoms with E-state index >= 15 is 0 Å². The first-order valence-corrected chi connectivity index (χ1v) is 5.50. The fraction of sp³-hybridized carbons (Fsp3) is 0.167. The quantitative estimate of drug-likeness (QED) is 0.621. The molecule has 2 aromatic rings. The van der Waals surface area contributed by atoms with E-state index in [0.29, 0.717) is 10.8 Å². The van der Waals surface area contributed by atoms with Crippen molar-refractivity contribution in [2.45, 2.75) is 13.0 Å². The van der Waals surface area contributed by atoms with Gasteiger partial charge in [0.05, 0.1) is 11.3 Å². The van der Waals surface area contributed by atoms with Crippen LogP contribution in [-0.4, -0.2) is 15.5 Å². The molecule has 0 fully saturated rings. The van der Waals surface area contributed by atoms with Gasteiger partial charge in [-0.2, -0.15) is 0 Å². The first-order valence-electron chi connectivity index (χ1n) is 5.12. The summed E-state index contributed by atoms with van der Waals surface area (Å²) in [5, 5.41) is 0.415. The van der Waals surface area contributed by atoms with Crippen LogP contribution >= 0.6 is 11.6 Å². The van der Waals surface area contributed by atoms with Crippen molar-refractivity contribution in [3.63, 3.8) is 0 Å². The van der Waals surface area contributed by atoms with Crippen LogP contribution in [0.25, 0.3) is 0 Å². The van der Waals surface area contributed by atoms with E-state index < -0.39 is 6.04 Å². The van der Waals surface area contributed by atoms with Crippen molar-refractivity contribution in [2.24, 2.45) is 0 Å². The van der Waals surface area contributed by atoms with Crippen LogP contribution in [0.3, 0.4) is 0 Å². The molecule has 1 unspecified atom stereocenters. The van der Waals surface area contributed by atoms with Gasteiger partial charge in [-0.25, -0.2) is 9.78 Å². The second-order valence-corrected chi connectivity index (χ2v) is 3.94. The van der Waals surface area contributed by atoms with E-state index in [0.717, 1.165) is 0 Å². The Bertz CT molecular complexity index is 511. The van der Waals surface area contributed by atoms with Crippen LogP contribution in [0.5, 0.6) is 5.75 Å². The number of halogens is 1. The summed E-state index contributed by atoms with van der Waals surface area (Å²) in [7, 11) is 0. The maximum atomic E-state index is 11.8. The number of ether oxygens (including phenoxy) is 1. The monoisotopic (exact) mass is 250 g/mol. The van der Waals surface area contributed by atoms with Gasteiger partial charge in [-0.05, 0) is 19.1 Å². The molecule has 88 valence electrons. The summed E-state index contributed by atoms with van der Waals surface area (Å²) in [5.74, 6) is -0.0118. The smallest absolute Gasteiger partial charge is 0.334 e. The molecule has 0 saturated carbocycles. The molecule has 0 bridgehead atoms. The van der Waals surface area contributed by atoms with Gasteiger partial charge < -0.3 is 9.30 Å². The number of carbonyl (C=O) groups is 1. The fourth-order valence-electron chi connectivity index (χ4n) is 1.34. The van der Waals surface area contributed by atoms with Crippen molar-refractivity contribution < 1.29 is 9.53 Å². The molecule has 1 heterocycles. The molecule has 1 aromatic carbocycles. The summed E-state index contributed by atoms with van der Waals surface area (Å²) in [4.78, 5) is 15.7. The highest BCUT2D eigenvalue weighted by Crippen LogP contribution is 2.24. The minimum absolute atomic E-state index is 0.367. The molecule has 5 heteroatoms. The van der Waals surface area contributed by atoms with Gasteiger partial charge in [-0.15, -0.1) is 0 Å². The number of esters is 1. The minimum atomic E-state index is -0.436. The van der Waals surface area contributed by atoms with Crippen LogP contribution in [0.1, 0.15) is 13.0 Å². The molecule has 1 atom stereocenters. The molecule has 0 aliphatic heterocycles. The number of para-hydroxylation sites is 1. The standard InChI is InChI=1S/C12H11ClN2O2/c1-9(15-7-6-14-8-15)12(16)17-11-5-3-2-4-10(11)13/h2-9H,1H3. The number of rotatable bonds is 3. The number of aromatic nitrogens is 2. The number of nitrogens with zero attached hydrogens (tertiary/aromatic N) is 2. The summed E-state index contributed by atoms with van der Waals surface area (Å²) >= 11 is 5.90. The Hall–Kier alpha value is -1.81. The summed E-state index contributed by atoms with van der Waals surface area (Å²) in [5.41, 5.74) is 0. The first-order chi connectivity index (χ1) is 8.18. The highest BCUT2D eigenvalue weighted by atomic mass is 35.5. The summed E-state index contributed by atoms with van der Waals surface area (Å²) in [6, 6.07) is 6.43. The Kier molecular flexibility index (Phi) is 3.44. The van der Waals surface area contributed by atoms with Crippen LogP contribution < -0.4 is 4.74 Å². The van der Waals surface area contributed by atoms with Crippen molar-refractivity contribution in [3.05, 3.63) is 48.0 Å². The van der Waals surface area contributed by atoms with Gasteiger partial charge in [0, 0.05) is 12.4 Å². The largest absolute Gasteiger partial charge is 0.423 e. The Balaban J connectivity index is 2.10. The molecule has 1 aromatic heterocycles. The molecule has 0 radical (unpaired) electrons. The molecule has 17 heavy (non-hydrogen) atoms. The number of benzene rings is 1. The molecule has 4 nitrogen and oxygen atoms in total. The van der Waals surface area contributed by atoms with Gasteiger partial charge in [0.15, 0.2) is 0 Å². The summed E-state index contributed by atoms with van der Waals surface area (Å²) in [6.07, 6.45) is 4.89. The molecule has 0 saturated heterocycles. The van der Waals surface area contributed by atoms with Gasteiger partial charge in [-0.3, -0.25) is 0 Å². The summed E-state index contributed by atoms with van der Waals surface area (Å²) in [6.45, 7) is 1.74. The number of hydrogen-bond donors (Lipinski definition) is 0. The van der Waals surface area contributed by atoms with E-state index in [4.69, 9.17) is 16.3 Å². The molecule has 0 aliphatic carbocycles. The average Bonchev–Trinajstić information content (AvgIpc) is 2.84.